The average Bonchev–Trinajstić information content (AvgIpc) is 2.62. The Morgan fingerprint density at radius 3 is 2.72 bits per heavy atom. The SMILES string of the molecule is Cc1nc(Cl)nc(NC2CCCC2C)c1[N+](=O)[O-]. The van der Waals surface area contributed by atoms with Crippen molar-refractivity contribution < 1.29 is 4.92 Å². The second-order valence-corrected chi connectivity index (χ2v) is 5.03. The lowest BCUT2D eigenvalue weighted by molar-refractivity contribution is -0.385. The van der Waals surface area contributed by atoms with Crippen LogP contribution in [0.4, 0.5) is 11.5 Å². The van der Waals surface area contributed by atoms with E-state index < -0.39 is 4.92 Å². The molecule has 1 saturated carbocycles. The summed E-state index contributed by atoms with van der Waals surface area (Å²) in [6.07, 6.45) is 3.26. The Bertz CT molecular complexity index is 480. The van der Waals surface area contributed by atoms with Gasteiger partial charge in [0.15, 0.2) is 0 Å². The van der Waals surface area contributed by atoms with E-state index in [-0.39, 0.29) is 28.5 Å². The van der Waals surface area contributed by atoms with Crippen LogP contribution in [0.3, 0.4) is 0 Å². The molecule has 1 fully saturated rings. The molecule has 2 unspecified atom stereocenters. The van der Waals surface area contributed by atoms with E-state index in [1.807, 2.05) is 0 Å². The molecule has 0 saturated heterocycles. The second-order valence-electron chi connectivity index (χ2n) is 4.69. The minimum atomic E-state index is -0.465. The molecular formula is C11H15ClN4O2. The summed E-state index contributed by atoms with van der Waals surface area (Å²) >= 11 is 5.76. The number of rotatable bonds is 3. The van der Waals surface area contributed by atoms with Crippen LogP contribution in [-0.2, 0) is 0 Å². The van der Waals surface area contributed by atoms with Crippen LogP contribution < -0.4 is 5.32 Å². The Morgan fingerprint density at radius 2 is 2.17 bits per heavy atom. The fraction of sp³-hybridized carbons (Fsp3) is 0.636. The van der Waals surface area contributed by atoms with Gasteiger partial charge in [-0.05, 0) is 37.3 Å². The molecule has 18 heavy (non-hydrogen) atoms. The van der Waals surface area contributed by atoms with Gasteiger partial charge in [-0.25, -0.2) is 4.98 Å². The average molecular weight is 271 g/mol. The molecule has 0 radical (unpaired) electrons. The molecule has 1 heterocycles. The maximum atomic E-state index is 11.1. The predicted octanol–water partition coefficient (Wildman–Crippen LogP) is 2.95. The number of hydrogen-bond acceptors (Lipinski definition) is 5. The lowest BCUT2D eigenvalue weighted by Gasteiger charge is -2.18. The van der Waals surface area contributed by atoms with E-state index in [2.05, 4.69) is 22.2 Å². The van der Waals surface area contributed by atoms with Gasteiger partial charge in [0.2, 0.25) is 11.1 Å². The summed E-state index contributed by atoms with van der Waals surface area (Å²) in [6.45, 7) is 3.70. The number of hydrogen-bond donors (Lipinski definition) is 1. The van der Waals surface area contributed by atoms with Gasteiger partial charge in [-0.1, -0.05) is 13.3 Å². The van der Waals surface area contributed by atoms with E-state index in [0.29, 0.717) is 5.92 Å². The standard InChI is InChI=1S/C11H15ClN4O2/c1-6-4-3-5-8(6)14-10-9(16(17)18)7(2)13-11(12)15-10/h6,8H,3-5H2,1-2H3,(H,13,14,15). The molecule has 0 bridgehead atoms. The molecule has 1 aromatic heterocycles. The topological polar surface area (TPSA) is 81.0 Å². The van der Waals surface area contributed by atoms with Gasteiger partial charge in [-0.3, -0.25) is 10.1 Å². The molecule has 0 amide bonds. The number of halogens is 1. The van der Waals surface area contributed by atoms with Gasteiger partial charge in [0.25, 0.3) is 0 Å². The van der Waals surface area contributed by atoms with Crippen LogP contribution in [0.25, 0.3) is 0 Å². The molecule has 1 aromatic rings. The van der Waals surface area contributed by atoms with Crippen molar-refractivity contribution in [3.8, 4) is 0 Å². The fourth-order valence-corrected chi connectivity index (χ4v) is 2.60. The largest absolute Gasteiger partial charge is 0.361 e. The summed E-state index contributed by atoms with van der Waals surface area (Å²) in [5.41, 5.74) is 0.201. The van der Waals surface area contributed by atoms with Crippen LogP contribution >= 0.6 is 11.6 Å². The Hall–Kier alpha value is -1.43. The highest BCUT2D eigenvalue weighted by atomic mass is 35.5. The highest BCUT2D eigenvalue weighted by Gasteiger charge is 2.28. The summed E-state index contributed by atoms with van der Waals surface area (Å²) in [7, 11) is 0. The smallest absolute Gasteiger partial charge is 0.332 e. The highest BCUT2D eigenvalue weighted by molar-refractivity contribution is 6.28. The zero-order chi connectivity index (χ0) is 13.3. The van der Waals surface area contributed by atoms with Gasteiger partial charge in [0.05, 0.1) is 4.92 Å². The van der Waals surface area contributed by atoms with Crippen LogP contribution in [-0.4, -0.2) is 20.9 Å². The summed E-state index contributed by atoms with van der Waals surface area (Å²) in [4.78, 5) is 18.4. The van der Waals surface area contributed by atoms with Crippen molar-refractivity contribution >= 4 is 23.1 Å². The minimum absolute atomic E-state index is 0.0336. The highest BCUT2D eigenvalue weighted by Crippen LogP contribution is 2.32. The van der Waals surface area contributed by atoms with Crippen molar-refractivity contribution in [3.05, 3.63) is 21.1 Å². The monoisotopic (exact) mass is 270 g/mol. The van der Waals surface area contributed by atoms with Gasteiger partial charge in [-0.15, -0.1) is 0 Å². The number of nitrogens with zero attached hydrogens (tertiary/aromatic N) is 3. The van der Waals surface area contributed by atoms with Crippen LogP contribution in [0.5, 0.6) is 0 Å². The number of nitro groups is 1. The molecule has 0 aromatic carbocycles. The number of nitrogens with one attached hydrogen (secondary N) is 1. The number of anilines is 1. The van der Waals surface area contributed by atoms with Crippen molar-refractivity contribution in [2.24, 2.45) is 5.92 Å². The van der Waals surface area contributed by atoms with Crippen LogP contribution in [0.15, 0.2) is 0 Å². The molecule has 7 heteroatoms. The molecule has 6 nitrogen and oxygen atoms in total. The van der Waals surface area contributed by atoms with Gasteiger partial charge < -0.3 is 5.32 Å². The first-order valence-corrected chi connectivity index (χ1v) is 6.32. The van der Waals surface area contributed by atoms with Crippen molar-refractivity contribution in [2.45, 2.75) is 39.2 Å². The fourth-order valence-electron chi connectivity index (χ4n) is 2.39. The molecular weight excluding hydrogens is 256 g/mol. The second kappa shape index (κ2) is 5.06. The maximum Gasteiger partial charge on any atom is 0.332 e. The molecule has 1 N–H and O–H groups in total. The van der Waals surface area contributed by atoms with Gasteiger partial charge in [-0.2, -0.15) is 4.98 Å². The molecule has 1 aliphatic rings. The Morgan fingerprint density at radius 1 is 1.44 bits per heavy atom. The summed E-state index contributed by atoms with van der Waals surface area (Å²) in [6, 6.07) is 0.217. The number of aryl methyl sites for hydroxylation is 1. The minimum Gasteiger partial charge on any atom is -0.361 e. The first kappa shape index (κ1) is 13.0. The first-order chi connectivity index (χ1) is 8.49. The Balaban J connectivity index is 2.33. The molecule has 2 atom stereocenters. The van der Waals surface area contributed by atoms with E-state index in [0.717, 1.165) is 19.3 Å². The molecule has 2 rings (SSSR count). The summed E-state index contributed by atoms with van der Waals surface area (Å²) in [5, 5.41) is 14.2. The lowest BCUT2D eigenvalue weighted by Crippen LogP contribution is -2.23. The van der Waals surface area contributed by atoms with E-state index >= 15 is 0 Å². The van der Waals surface area contributed by atoms with E-state index in [1.54, 1.807) is 6.92 Å². The predicted molar refractivity (Wildman–Crippen MR) is 68.9 cm³/mol. The quantitative estimate of drug-likeness (QED) is 0.519. The van der Waals surface area contributed by atoms with Gasteiger partial charge >= 0.3 is 5.69 Å². The summed E-state index contributed by atoms with van der Waals surface area (Å²) in [5.74, 6) is 0.718. The van der Waals surface area contributed by atoms with Gasteiger partial charge in [0.1, 0.15) is 5.69 Å². The first-order valence-electron chi connectivity index (χ1n) is 5.94. The van der Waals surface area contributed by atoms with Crippen molar-refractivity contribution in [1.29, 1.82) is 0 Å². The van der Waals surface area contributed by atoms with Crippen molar-refractivity contribution in [3.63, 3.8) is 0 Å². The molecule has 1 aliphatic carbocycles. The Kier molecular flexibility index (Phi) is 3.65. The normalized spacial score (nSPS) is 23.1. The lowest BCUT2D eigenvalue weighted by atomic mass is 10.1. The summed E-state index contributed by atoms with van der Waals surface area (Å²) < 4.78 is 0. The van der Waals surface area contributed by atoms with Crippen molar-refractivity contribution in [1.82, 2.24) is 9.97 Å². The molecule has 98 valence electrons. The number of aromatic nitrogens is 2. The molecule has 0 spiro atoms. The van der Waals surface area contributed by atoms with Crippen LogP contribution in [0.2, 0.25) is 5.28 Å². The third-order valence-electron chi connectivity index (χ3n) is 3.40. The third kappa shape index (κ3) is 2.53. The molecule has 0 aliphatic heterocycles. The van der Waals surface area contributed by atoms with E-state index in [4.69, 9.17) is 11.6 Å². The maximum absolute atomic E-state index is 11.1. The van der Waals surface area contributed by atoms with E-state index in [9.17, 15) is 10.1 Å². The van der Waals surface area contributed by atoms with Crippen molar-refractivity contribution in [2.75, 3.05) is 5.32 Å². The third-order valence-corrected chi connectivity index (χ3v) is 3.57. The van der Waals surface area contributed by atoms with Crippen LogP contribution in [0, 0.1) is 23.0 Å². The zero-order valence-electron chi connectivity index (χ0n) is 10.3. The van der Waals surface area contributed by atoms with Gasteiger partial charge in [0, 0.05) is 6.04 Å². The zero-order valence-corrected chi connectivity index (χ0v) is 11.1. The van der Waals surface area contributed by atoms with Crippen LogP contribution in [0.1, 0.15) is 31.9 Å². The Labute approximate surface area is 110 Å². The van der Waals surface area contributed by atoms with E-state index in [1.165, 1.54) is 0 Å².